The maximum Gasteiger partial charge on any atom is 0.472 e. The molecule has 0 saturated heterocycles. The van der Waals surface area contributed by atoms with E-state index in [2.05, 4.69) is 27.7 Å². The Bertz CT molecular complexity index is 1770. The Labute approximate surface area is 568 Å². The van der Waals surface area contributed by atoms with Gasteiger partial charge in [-0.25, -0.2) is 9.13 Å². The molecule has 0 aromatic carbocycles. The van der Waals surface area contributed by atoms with Crippen LogP contribution in [0.1, 0.15) is 394 Å². The largest absolute Gasteiger partial charge is 0.472 e. The van der Waals surface area contributed by atoms with Crippen LogP contribution in [-0.2, 0) is 65.4 Å². The second-order valence-corrected chi connectivity index (χ2v) is 29.6. The van der Waals surface area contributed by atoms with E-state index < -0.39 is 97.5 Å². The van der Waals surface area contributed by atoms with Crippen LogP contribution in [0.15, 0.2) is 0 Å². The molecule has 0 radical (unpaired) electrons. The third-order valence-corrected chi connectivity index (χ3v) is 19.3. The summed E-state index contributed by atoms with van der Waals surface area (Å²) < 4.78 is 68.4. The number of rotatable bonds is 75. The molecule has 0 rings (SSSR count). The number of hydrogen-bond acceptors (Lipinski definition) is 15. The van der Waals surface area contributed by atoms with Crippen molar-refractivity contribution in [1.82, 2.24) is 0 Å². The van der Waals surface area contributed by atoms with Crippen molar-refractivity contribution in [2.75, 3.05) is 39.6 Å². The van der Waals surface area contributed by atoms with Gasteiger partial charge in [0.05, 0.1) is 26.4 Å². The first-order valence-corrected chi connectivity index (χ1v) is 41.8. The molecule has 0 heterocycles. The summed E-state index contributed by atoms with van der Waals surface area (Å²) in [5.74, 6) is -2.11. The van der Waals surface area contributed by atoms with Crippen LogP contribution in [0.4, 0.5) is 0 Å². The average molecular weight is 1370 g/mol. The summed E-state index contributed by atoms with van der Waals surface area (Å²) in [6, 6.07) is 0. The third-order valence-electron chi connectivity index (χ3n) is 17.4. The average Bonchev–Trinajstić information content (AvgIpc) is 3.24. The lowest BCUT2D eigenvalue weighted by molar-refractivity contribution is -0.161. The lowest BCUT2D eigenvalue weighted by Gasteiger charge is -2.21. The summed E-state index contributed by atoms with van der Waals surface area (Å²) in [7, 11) is -9.90. The molecule has 0 fully saturated rings. The van der Waals surface area contributed by atoms with Crippen LogP contribution in [-0.4, -0.2) is 96.7 Å². The van der Waals surface area contributed by atoms with Crippen molar-refractivity contribution in [3.8, 4) is 0 Å². The van der Waals surface area contributed by atoms with E-state index in [1.807, 2.05) is 0 Å². The smallest absolute Gasteiger partial charge is 0.462 e. The van der Waals surface area contributed by atoms with Crippen molar-refractivity contribution >= 4 is 39.5 Å². The molecule has 19 heteroatoms. The number of phosphoric ester groups is 2. The first-order valence-electron chi connectivity index (χ1n) is 38.8. The predicted molar refractivity (Wildman–Crippen MR) is 377 cm³/mol. The Morgan fingerprint density at radius 2 is 0.430 bits per heavy atom. The highest BCUT2D eigenvalue weighted by molar-refractivity contribution is 7.47. The van der Waals surface area contributed by atoms with Gasteiger partial charge < -0.3 is 33.8 Å². The summed E-state index contributed by atoms with van der Waals surface area (Å²) in [4.78, 5) is 72.7. The van der Waals surface area contributed by atoms with Gasteiger partial charge in [0.15, 0.2) is 12.2 Å². The molecular weight excluding hydrogens is 1220 g/mol. The maximum atomic E-state index is 13.1. The molecule has 0 bridgehead atoms. The van der Waals surface area contributed by atoms with Crippen LogP contribution in [0.3, 0.4) is 0 Å². The second kappa shape index (κ2) is 68.6. The van der Waals surface area contributed by atoms with Crippen LogP contribution in [0.5, 0.6) is 0 Å². The first kappa shape index (κ1) is 91.1. The van der Waals surface area contributed by atoms with E-state index in [0.717, 1.165) is 89.9 Å². The molecule has 0 spiro atoms. The topological polar surface area (TPSA) is 237 Å². The van der Waals surface area contributed by atoms with Crippen LogP contribution in [0.25, 0.3) is 0 Å². The molecule has 5 atom stereocenters. The molecular formula is C74H144O17P2. The lowest BCUT2D eigenvalue weighted by atomic mass is 10.0. The maximum absolute atomic E-state index is 13.1. The number of phosphoric acid groups is 2. The van der Waals surface area contributed by atoms with Gasteiger partial charge in [-0.2, -0.15) is 0 Å². The number of aliphatic hydroxyl groups is 1. The van der Waals surface area contributed by atoms with Gasteiger partial charge >= 0.3 is 39.5 Å². The van der Waals surface area contributed by atoms with Crippen molar-refractivity contribution < 1.29 is 80.2 Å². The number of carbonyl (C=O) groups is 4. The SMILES string of the molecule is CCCCCCCCCCCCCCCCCCC(=O)OC[C@H](COP(=O)(O)OC[C@@H](O)COP(=O)(O)OC[C@@H](COC(=O)CCCCCCCCCC)OC(=O)CCCCCCCCCCCCCCC)OC(=O)CCCCCCCCCCCCCCCCCC. The van der Waals surface area contributed by atoms with Crippen molar-refractivity contribution in [3.05, 3.63) is 0 Å². The molecule has 552 valence electrons. The van der Waals surface area contributed by atoms with Gasteiger partial charge in [-0.1, -0.05) is 342 Å². The van der Waals surface area contributed by atoms with E-state index >= 15 is 0 Å². The van der Waals surface area contributed by atoms with Crippen LogP contribution < -0.4 is 0 Å². The molecule has 0 aromatic heterocycles. The summed E-state index contributed by atoms with van der Waals surface area (Å²) >= 11 is 0. The molecule has 0 aliphatic heterocycles. The Morgan fingerprint density at radius 3 is 0.634 bits per heavy atom. The second-order valence-electron chi connectivity index (χ2n) is 26.7. The minimum Gasteiger partial charge on any atom is -0.462 e. The first-order chi connectivity index (χ1) is 45.2. The fourth-order valence-electron chi connectivity index (χ4n) is 11.4. The fourth-order valence-corrected chi connectivity index (χ4v) is 13.0. The van der Waals surface area contributed by atoms with Crippen LogP contribution >= 0.6 is 15.6 Å². The van der Waals surface area contributed by atoms with Gasteiger partial charge in [0.25, 0.3) is 0 Å². The highest BCUT2D eigenvalue weighted by Crippen LogP contribution is 2.45. The van der Waals surface area contributed by atoms with Gasteiger partial charge in [0, 0.05) is 25.7 Å². The highest BCUT2D eigenvalue weighted by atomic mass is 31.2. The quantitative estimate of drug-likeness (QED) is 0.0222. The van der Waals surface area contributed by atoms with Crippen molar-refractivity contribution in [3.63, 3.8) is 0 Å². The molecule has 0 aromatic rings. The standard InChI is InChI=1S/C74H144O17P2/c1-5-9-13-17-21-25-28-31-33-35-38-40-43-47-51-55-59-72(77)85-65-70(91-74(79)61-57-53-49-45-42-39-36-34-32-29-26-22-18-14-10-6-2)67-89-93(82,83)87-63-68(75)62-86-92(80,81)88-66-69(64-84-71(76)58-54-50-46-24-20-16-12-8-4)90-73(78)60-56-52-48-44-41-37-30-27-23-19-15-11-7-3/h68-70,75H,5-67H2,1-4H3,(H,80,81)(H,82,83)/t68-,69+,70+/m0/s1. The van der Waals surface area contributed by atoms with Crippen molar-refractivity contribution in [1.29, 1.82) is 0 Å². The number of carbonyl (C=O) groups excluding carboxylic acids is 4. The molecule has 0 saturated carbocycles. The highest BCUT2D eigenvalue weighted by Gasteiger charge is 2.30. The zero-order chi connectivity index (χ0) is 68.2. The van der Waals surface area contributed by atoms with Gasteiger partial charge in [-0.3, -0.25) is 37.3 Å². The molecule has 93 heavy (non-hydrogen) atoms. The van der Waals surface area contributed by atoms with E-state index in [-0.39, 0.29) is 25.7 Å². The molecule has 2 unspecified atom stereocenters. The summed E-state index contributed by atoms with van der Waals surface area (Å²) in [5, 5.41) is 10.6. The Morgan fingerprint density at radius 1 is 0.258 bits per heavy atom. The van der Waals surface area contributed by atoms with Crippen molar-refractivity contribution in [2.45, 2.75) is 412 Å². The van der Waals surface area contributed by atoms with E-state index in [9.17, 15) is 43.2 Å². The van der Waals surface area contributed by atoms with Crippen LogP contribution in [0.2, 0.25) is 0 Å². The zero-order valence-corrected chi connectivity index (χ0v) is 62.0. The van der Waals surface area contributed by atoms with Gasteiger partial charge in [0.1, 0.15) is 19.3 Å². The Hall–Kier alpha value is -1.94. The summed E-state index contributed by atoms with van der Waals surface area (Å²) in [6.45, 7) is 4.96. The molecule has 0 aliphatic rings. The Balaban J connectivity index is 5.21. The molecule has 3 N–H and O–H groups in total. The minimum atomic E-state index is -4.95. The van der Waals surface area contributed by atoms with E-state index in [1.54, 1.807) is 0 Å². The molecule has 17 nitrogen and oxygen atoms in total. The minimum absolute atomic E-state index is 0.108. The van der Waals surface area contributed by atoms with Crippen LogP contribution in [0, 0.1) is 0 Å². The van der Waals surface area contributed by atoms with E-state index in [0.29, 0.717) is 25.7 Å². The number of aliphatic hydroxyl groups excluding tert-OH is 1. The third kappa shape index (κ3) is 68.4. The lowest BCUT2D eigenvalue weighted by Crippen LogP contribution is -2.30. The number of hydrogen-bond donors (Lipinski definition) is 3. The summed E-state index contributed by atoms with van der Waals surface area (Å²) in [5.41, 5.74) is 0. The zero-order valence-electron chi connectivity index (χ0n) is 60.2. The monoisotopic (exact) mass is 1370 g/mol. The van der Waals surface area contributed by atoms with E-state index in [4.69, 9.17) is 37.0 Å². The number of ether oxygens (including phenoxy) is 4. The number of esters is 4. The number of unbranched alkanes of at least 4 members (excludes halogenated alkanes) is 49. The normalized spacial score (nSPS) is 13.9. The van der Waals surface area contributed by atoms with Gasteiger partial charge in [-0.15, -0.1) is 0 Å². The predicted octanol–water partition coefficient (Wildman–Crippen LogP) is 21.8. The molecule has 0 aliphatic carbocycles. The fraction of sp³-hybridized carbons (Fsp3) is 0.946. The summed E-state index contributed by atoms with van der Waals surface area (Å²) in [6.07, 6.45) is 58.2. The van der Waals surface area contributed by atoms with Crippen molar-refractivity contribution in [2.24, 2.45) is 0 Å². The van der Waals surface area contributed by atoms with Gasteiger partial charge in [0.2, 0.25) is 0 Å². The Kier molecular flexibility index (Phi) is 67.1. The van der Waals surface area contributed by atoms with Gasteiger partial charge in [-0.05, 0) is 25.7 Å². The molecule has 0 amide bonds. The van der Waals surface area contributed by atoms with E-state index in [1.165, 1.54) is 225 Å².